The first kappa shape index (κ1) is 15.4. The fourth-order valence-electron chi connectivity index (χ4n) is 3.19. The molecule has 2 fully saturated rings. The lowest BCUT2D eigenvalue weighted by molar-refractivity contribution is -0.142. The van der Waals surface area contributed by atoms with Crippen LogP contribution < -0.4 is 5.32 Å². The van der Waals surface area contributed by atoms with Gasteiger partial charge in [0.1, 0.15) is 0 Å². The van der Waals surface area contributed by atoms with Gasteiger partial charge in [-0.25, -0.2) is 0 Å². The molecule has 0 aromatic rings. The molecule has 2 heterocycles. The number of nitrogens with zero attached hydrogens (tertiary/aromatic N) is 1. The van der Waals surface area contributed by atoms with E-state index >= 15 is 0 Å². The van der Waals surface area contributed by atoms with E-state index in [0.29, 0.717) is 19.6 Å². The van der Waals surface area contributed by atoms with Crippen LogP contribution in [-0.4, -0.2) is 47.6 Å². The molecule has 2 saturated heterocycles. The molecule has 2 rings (SSSR count). The molecule has 0 bridgehead atoms. The number of carbonyl (C=O) groups excluding carboxylic acids is 2. The van der Waals surface area contributed by atoms with E-state index in [2.05, 4.69) is 12.2 Å². The average molecular weight is 282 g/mol. The average Bonchev–Trinajstić information content (AvgIpc) is 2.68. The molecule has 1 N–H and O–H groups in total. The van der Waals surface area contributed by atoms with Gasteiger partial charge in [-0.2, -0.15) is 0 Å². The fourth-order valence-corrected chi connectivity index (χ4v) is 3.19. The summed E-state index contributed by atoms with van der Waals surface area (Å²) in [5, 5.41) is 3.42. The number of imide groups is 1. The second-order valence-corrected chi connectivity index (χ2v) is 6.15. The van der Waals surface area contributed by atoms with Gasteiger partial charge < -0.3 is 4.74 Å². The number of hydrogen-bond donors (Lipinski definition) is 1. The van der Waals surface area contributed by atoms with Gasteiger partial charge in [-0.3, -0.25) is 19.8 Å². The van der Waals surface area contributed by atoms with Gasteiger partial charge in [0, 0.05) is 24.8 Å². The Kier molecular flexibility index (Phi) is 4.81. The van der Waals surface area contributed by atoms with E-state index in [1.54, 1.807) is 0 Å². The minimum Gasteiger partial charge on any atom is -0.381 e. The van der Waals surface area contributed by atoms with Gasteiger partial charge in [0.25, 0.3) is 0 Å². The predicted molar refractivity (Wildman–Crippen MR) is 76.2 cm³/mol. The Bertz CT molecular complexity index is 373. The number of rotatable bonds is 5. The Labute approximate surface area is 121 Å². The van der Waals surface area contributed by atoms with Gasteiger partial charge in [-0.1, -0.05) is 13.8 Å². The molecule has 0 aromatic heterocycles. The molecule has 1 unspecified atom stereocenters. The molecular weight excluding hydrogens is 256 g/mol. The Morgan fingerprint density at radius 2 is 1.90 bits per heavy atom. The monoisotopic (exact) mass is 282 g/mol. The predicted octanol–water partition coefficient (Wildman–Crippen LogP) is 1.46. The van der Waals surface area contributed by atoms with Gasteiger partial charge in [-0.15, -0.1) is 0 Å². The Morgan fingerprint density at radius 3 is 2.45 bits per heavy atom. The van der Waals surface area contributed by atoms with Crippen molar-refractivity contribution >= 4 is 11.8 Å². The van der Waals surface area contributed by atoms with E-state index in [4.69, 9.17) is 4.74 Å². The highest BCUT2D eigenvalue weighted by Crippen LogP contribution is 2.25. The SMILES string of the molecule is CCC(CC)N1C(=O)CC(NC2(C)CCOCC2)C1=O. The summed E-state index contributed by atoms with van der Waals surface area (Å²) in [4.78, 5) is 26.1. The van der Waals surface area contributed by atoms with Gasteiger partial charge in [0.05, 0.1) is 12.5 Å². The van der Waals surface area contributed by atoms with Gasteiger partial charge in [0.15, 0.2) is 0 Å². The van der Waals surface area contributed by atoms with Crippen LogP contribution in [0.25, 0.3) is 0 Å². The number of nitrogens with one attached hydrogen (secondary N) is 1. The zero-order valence-corrected chi connectivity index (χ0v) is 12.8. The lowest BCUT2D eigenvalue weighted by Gasteiger charge is -2.36. The Hall–Kier alpha value is -0.940. The maximum absolute atomic E-state index is 12.5. The Balaban J connectivity index is 2.04. The van der Waals surface area contributed by atoms with Crippen molar-refractivity contribution in [2.45, 2.75) is 70.5 Å². The minimum atomic E-state index is -0.355. The number of ether oxygens (including phenoxy) is 1. The smallest absolute Gasteiger partial charge is 0.247 e. The topological polar surface area (TPSA) is 58.6 Å². The van der Waals surface area contributed by atoms with Crippen molar-refractivity contribution in [2.75, 3.05) is 13.2 Å². The molecule has 2 amide bonds. The second-order valence-electron chi connectivity index (χ2n) is 6.15. The molecule has 0 radical (unpaired) electrons. The molecular formula is C15H26N2O3. The first-order valence-corrected chi connectivity index (χ1v) is 7.72. The van der Waals surface area contributed by atoms with Gasteiger partial charge in [0.2, 0.25) is 11.8 Å². The quantitative estimate of drug-likeness (QED) is 0.776. The highest BCUT2D eigenvalue weighted by atomic mass is 16.5. The van der Waals surface area contributed by atoms with Gasteiger partial charge in [-0.05, 0) is 32.6 Å². The van der Waals surface area contributed by atoms with E-state index in [1.807, 2.05) is 13.8 Å². The number of amides is 2. The normalized spacial score (nSPS) is 26.6. The van der Waals surface area contributed by atoms with Gasteiger partial charge >= 0.3 is 0 Å². The maximum atomic E-state index is 12.5. The van der Waals surface area contributed by atoms with Crippen molar-refractivity contribution in [1.82, 2.24) is 10.2 Å². The molecule has 5 heteroatoms. The van der Waals surface area contributed by atoms with Crippen LogP contribution in [0.2, 0.25) is 0 Å². The van der Waals surface area contributed by atoms with Crippen molar-refractivity contribution in [3.05, 3.63) is 0 Å². The standard InChI is InChI=1S/C15H26N2O3/c1-4-11(5-2)17-13(18)10-12(14(17)19)16-15(3)6-8-20-9-7-15/h11-12,16H,4-10H2,1-3H3. The van der Waals surface area contributed by atoms with E-state index in [-0.39, 0.29) is 29.4 Å². The third-order valence-corrected chi connectivity index (χ3v) is 4.61. The number of hydrogen-bond acceptors (Lipinski definition) is 4. The van der Waals surface area contributed by atoms with Crippen molar-refractivity contribution < 1.29 is 14.3 Å². The van der Waals surface area contributed by atoms with Crippen LogP contribution in [0.5, 0.6) is 0 Å². The summed E-state index contributed by atoms with van der Waals surface area (Å²) in [5.41, 5.74) is -0.0945. The molecule has 2 aliphatic heterocycles. The number of carbonyl (C=O) groups is 2. The summed E-state index contributed by atoms with van der Waals surface area (Å²) in [6.45, 7) is 7.60. The summed E-state index contributed by atoms with van der Waals surface area (Å²) >= 11 is 0. The third kappa shape index (κ3) is 3.04. The van der Waals surface area contributed by atoms with Crippen molar-refractivity contribution in [1.29, 1.82) is 0 Å². The maximum Gasteiger partial charge on any atom is 0.247 e. The van der Waals surface area contributed by atoms with Crippen molar-refractivity contribution in [2.24, 2.45) is 0 Å². The zero-order chi connectivity index (χ0) is 14.8. The van der Waals surface area contributed by atoms with Crippen LogP contribution in [0.4, 0.5) is 0 Å². The van der Waals surface area contributed by atoms with E-state index < -0.39 is 0 Å². The summed E-state index contributed by atoms with van der Waals surface area (Å²) in [6.07, 6.45) is 3.72. The summed E-state index contributed by atoms with van der Waals surface area (Å²) in [7, 11) is 0. The highest BCUT2D eigenvalue weighted by molar-refractivity contribution is 6.05. The van der Waals surface area contributed by atoms with E-state index in [1.165, 1.54) is 4.90 Å². The zero-order valence-electron chi connectivity index (χ0n) is 12.8. The molecule has 2 aliphatic rings. The first-order chi connectivity index (χ1) is 9.50. The Morgan fingerprint density at radius 1 is 1.30 bits per heavy atom. The fraction of sp³-hybridized carbons (Fsp3) is 0.867. The molecule has 5 nitrogen and oxygen atoms in total. The van der Waals surface area contributed by atoms with Crippen LogP contribution in [0.15, 0.2) is 0 Å². The van der Waals surface area contributed by atoms with Crippen LogP contribution in [-0.2, 0) is 14.3 Å². The van der Waals surface area contributed by atoms with Crippen LogP contribution in [0.1, 0.15) is 52.9 Å². The summed E-state index contributed by atoms with van der Waals surface area (Å²) in [6, 6.07) is -0.310. The van der Waals surface area contributed by atoms with E-state index in [0.717, 1.165) is 25.7 Å². The molecule has 114 valence electrons. The van der Waals surface area contributed by atoms with Crippen molar-refractivity contribution in [3.63, 3.8) is 0 Å². The molecule has 0 saturated carbocycles. The lowest BCUT2D eigenvalue weighted by atomic mass is 9.91. The molecule has 0 spiro atoms. The summed E-state index contributed by atoms with van der Waals surface area (Å²) in [5.74, 6) is -0.0757. The van der Waals surface area contributed by atoms with E-state index in [9.17, 15) is 9.59 Å². The van der Waals surface area contributed by atoms with Crippen LogP contribution in [0, 0.1) is 0 Å². The number of likely N-dealkylation sites (tertiary alicyclic amines) is 1. The second kappa shape index (κ2) is 6.22. The molecule has 0 aromatic carbocycles. The summed E-state index contributed by atoms with van der Waals surface area (Å²) < 4.78 is 5.37. The molecule has 1 atom stereocenters. The first-order valence-electron chi connectivity index (χ1n) is 7.72. The third-order valence-electron chi connectivity index (χ3n) is 4.61. The lowest BCUT2D eigenvalue weighted by Crippen LogP contribution is -2.54. The minimum absolute atomic E-state index is 0.0307. The van der Waals surface area contributed by atoms with Crippen LogP contribution in [0.3, 0.4) is 0 Å². The van der Waals surface area contributed by atoms with Crippen LogP contribution >= 0.6 is 0 Å². The largest absolute Gasteiger partial charge is 0.381 e. The van der Waals surface area contributed by atoms with Crippen molar-refractivity contribution in [3.8, 4) is 0 Å². The molecule has 0 aliphatic carbocycles. The molecule has 20 heavy (non-hydrogen) atoms. The highest BCUT2D eigenvalue weighted by Gasteiger charge is 2.44.